The Morgan fingerprint density at radius 2 is 1.91 bits per heavy atom. The molecule has 23 heavy (non-hydrogen) atoms. The summed E-state index contributed by atoms with van der Waals surface area (Å²) in [7, 11) is 1.40. The van der Waals surface area contributed by atoms with E-state index in [-0.39, 0.29) is 35.9 Å². The van der Waals surface area contributed by atoms with Crippen LogP contribution in [0, 0.1) is 12.8 Å². The van der Waals surface area contributed by atoms with Crippen molar-refractivity contribution in [3.63, 3.8) is 0 Å². The van der Waals surface area contributed by atoms with Crippen LogP contribution in [-0.4, -0.2) is 37.1 Å². The molecule has 1 aliphatic carbocycles. The van der Waals surface area contributed by atoms with Crippen LogP contribution < -0.4 is 16.2 Å². The van der Waals surface area contributed by atoms with E-state index in [1.807, 2.05) is 31.2 Å². The maximum absolute atomic E-state index is 12.4. The molecule has 6 heteroatoms. The molecule has 3 N–H and O–H groups in total. The lowest BCUT2D eigenvalue weighted by molar-refractivity contribution is -0.144. The molecule has 1 amide bonds. The number of hydrogen-bond acceptors (Lipinski definition) is 5. The Morgan fingerprint density at radius 3 is 2.61 bits per heavy atom. The average Bonchev–Trinajstić information content (AvgIpc) is 2.98. The first-order chi connectivity index (χ1) is 11.1. The smallest absolute Gasteiger partial charge is 0.324 e. The molecular weight excluding hydrogens is 294 g/mol. The third-order valence-corrected chi connectivity index (χ3v) is 4.86. The summed E-state index contributed by atoms with van der Waals surface area (Å²) in [6.45, 7) is 2.00. The Kier molecular flexibility index (Phi) is 4.63. The minimum atomic E-state index is -0.343. The third kappa shape index (κ3) is 3.38. The Balaban J connectivity index is 1.62. The van der Waals surface area contributed by atoms with E-state index < -0.39 is 0 Å². The number of rotatable bonds is 3. The van der Waals surface area contributed by atoms with Gasteiger partial charge in [0.25, 0.3) is 5.91 Å². The van der Waals surface area contributed by atoms with Crippen LogP contribution in [0.2, 0.25) is 0 Å². The molecule has 1 aromatic carbocycles. The predicted molar refractivity (Wildman–Crippen MR) is 85.6 cm³/mol. The van der Waals surface area contributed by atoms with Crippen LogP contribution >= 0.6 is 0 Å². The maximum Gasteiger partial charge on any atom is 0.324 e. The van der Waals surface area contributed by atoms with Gasteiger partial charge in [-0.3, -0.25) is 15.0 Å². The standard InChI is InChI=1S/C17H23N3O3/c1-10-3-5-11(6-4-10)16(21)18-12-7-8-14-13(9-12)15(20-19-14)17(22)23-2/h3-6,12-15,19-20H,7-9H2,1-2H3,(H,18,21). The van der Waals surface area contributed by atoms with Crippen LogP contribution in [0.15, 0.2) is 24.3 Å². The highest BCUT2D eigenvalue weighted by atomic mass is 16.5. The summed E-state index contributed by atoms with van der Waals surface area (Å²) in [5.41, 5.74) is 8.00. The van der Waals surface area contributed by atoms with Crippen molar-refractivity contribution in [1.82, 2.24) is 16.2 Å². The molecule has 3 rings (SSSR count). The van der Waals surface area contributed by atoms with Gasteiger partial charge in [-0.2, -0.15) is 0 Å². The van der Waals surface area contributed by atoms with Crippen LogP contribution in [-0.2, 0) is 9.53 Å². The lowest BCUT2D eigenvalue weighted by atomic mass is 9.79. The summed E-state index contributed by atoms with van der Waals surface area (Å²) < 4.78 is 4.85. The normalized spacial score (nSPS) is 29.7. The van der Waals surface area contributed by atoms with Gasteiger partial charge in [0.05, 0.1) is 7.11 Å². The van der Waals surface area contributed by atoms with Gasteiger partial charge in [0, 0.05) is 23.6 Å². The fourth-order valence-electron chi connectivity index (χ4n) is 3.52. The summed E-state index contributed by atoms with van der Waals surface area (Å²) in [6.07, 6.45) is 2.59. The molecule has 1 aromatic rings. The number of fused-ring (bicyclic) bond motifs is 1. The average molecular weight is 317 g/mol. The Bertz CT molecular complexity index is 587. The van der Waals surface area contributed by atoms with Crippen molar-refractivity contribution in [2.45, 2.75) is 44.3 Å². The topological polar surface area (TPSA) is 79.5 Å². The number of esters is 1. The Morgan fingerprint density at radius 1 is 1.17 bits per heavy atom. The van der Waals surface area contributed by atoms with Crippen molar-refractivity contribution in [3.05, 3.63) is 35.4 Å². The molecule has 6 nitrogen and oxygen atoms in total. The van der Waals surface area contributed by atoms with Crippen molar-refractivity contribution in [2.24, 2.45) is 5.92 Å². The second kappa shape index (κ2) is 6.68. The fraction of sp³-hybridized carbons (Fsp3) is 0.529. The minimum absolute atomic E-state index is 0.0537. The quantitative estimate of drug-likeness (QED) is 0.722. The van der Waals surface area contributed by atoms with Gasteiger partial charge in [0.2, 0.25) is 0 Å². The SMILES string of the molecule is COC(=O)C1NNC2CCC(NC(=O)c3ccc(C)cc3)CC21. The predicted octanol–water partition coefficient (Wildman–Crippen LogP) is 0.912. The number of hydrogen-bond donors (Lipinski definition) is 3. The highest BCUT2D eigenvalue weighted by Crippen LogP contribution is 2.31. The number of hydrazine groups is 1. The minimum Gasteiger partial charge on any atom is -0.468 e. The van der Waals surface area contributed by atoms with Crippen LogP contribution in [0.1, 0.15) is 35.2 Å². The van der Waals surface area contributed by atoms with Crippen molar-refractivity contribution in [2.75, 3.05) is 7.11 Å². The summed E-state index contributed by atoms with van der Waals surface area (Å²) in [5, 5.41) is 3.10. The number of benzene rings is 1. The molecule has 2 aliphatic rings. The van der Waals surface area contributed by atoms with Crippen LogP contribution in [0.3, 0.4) is 0 Å². The lowest BCUT2D eigenvalue weighted by Crippen LogP contribution is -2.46. The summed E-state index contributed by atoms with van der Waals surface area (Å²) in [5.74, 6) is -0.169. The molecule has 4 atom stereocenters. The zero-order valence-corrected chi connectivity index (χ0v) is 13.5. The van der Waals surface area contributed by atoms with E-state index >= 15 is 0 Å². The van der Waals surface area contributed by atoms with Gasteiger partial charge in [0.1, 0.15) is 6.04 Å². The van der Waals surface area contributed by atoms with E-state index in [9.17, 15) is 9.59 Å². The van der Waals surface area contributed by atoms with Crippen molar-refractivity contribution >= 4 is 11.9 Å². The third-order valence-electron chi connectivity index (χ3n) is 4.86. The number of nitrogens with one attached hydrogen (secondary N) is 3. The molecule has 0 radical (unpaired) electrons. The van der Waals surface area contributed by atoms with Gasteiger partial charge in [-0.15, -0.1) is 0 Å². The molecule has 124 valence electrons. The molecule has 4 unspecified atom stereocenters. The molecule has 1 aliphatic heterocycles. The number of ether oxygens (including phenoxy) is 1. The second-order valence-corrected chi connectivity index (χ2v) is 6.41. The van der Waals surface area contributed by atoms with Gasteiger partial charge in [-0.1, -0.05) is 17.7 Å². The van der Waals surface area contributed by atoms with Gasteiger partial charge < -0.3 is 10.1 Å². The molecular formula is C17H23N3O3. The number of carbonyl (C=O) groups is 2. The number of carbonyl (C=O) groups excluding carboxylic acids is 2. The van der Waals surface area contributed by atoms with Crippen LogP contribution in [0.25, 0.3) is 0 Å². The maximum atomic E-state index is 12.4. The fourth-order valence-corrected chi connectivity index (χ4v) is 3.52. The zero-order valence-electron chi connectivity index (χ0n) is 13.5. The molecule has 0 bridgehead atoms. The summed E-state index contributed by atoms with van der Waals surface area (Å²) in [4.78, 5) is 24.2. The molecule has 1 saturated heterocycles. The Labute approximate surface area is 135 Å². The molecule has 0 aromatic heterocycles. The number of amides is 1. The van der Waals surface area contributed by atoms with Crippen LogP contribution in [0.4, 0.5) is 0 Å². The van der Waals surface area contributed by atoms with Crippen molar-refractivity contribution in [3.8, 4) is 0 Å². The molecule has 0 spiro atoms. The Hall–Kier alpha value is -1.92. The van der Waals surface area contributed by atoms with Gasteiger partial charge in [-0.25, -0.2) is 5.43 Å². The molecule has 1 saturated carbocycles. The van der Waals surface area contributed by atoms with Gasteiger partial charge in [-0.05, 0) is 38.3 Å². The van der Waals surface area contributed by atoms with E-state index in [0.29, 0.717) is 5.56 Å². The lowest BCUT2D eigenvalue weighted by Gasteiger charge is -2.32. The first-order valence-corrected chi connectivity index (χ1v) is 8.05. The number of aryl methyl sites for hydroxylation is 1. The van der Waals surface area contributed by atoms with E-state index in [0.717, 1.165) is 24.8 Å². The first kappa shape index (κ1) is 16.0. The van der Waals surface area contributed by atoms with E-state index in [2.05, 4.69) is 16.2 Å². The van der Waals surface area contributed by atoms with Gasteiger partial charge >= 0.3 is 5.97 Å². The van der Waals surface area contributed by atoms with Gasteiger partial charge in [0.15, 0.2) is 0 Å². The second-order valence-electron chi connectivity index (χ2n) is 6.41. The molecule has 1 heterocycles. The van der Waals surface area contributed by atoms with E-state index in [4.69, 9.17) is 4.74 Å². The summed E-state index contributed by atoms with van der Waals surface area (Å²) in [6, 6.07) is 7.54. The highest BCUT2D eigenvalue weighted by Gasteiger charge is 2.44. The molecule has 2 fully saturated rings. The van der Waals surface area contributed by atoms with Crippen LogP contribution in [0.5, 0.6) is 0 Å². The first-order valence-electron chi connectivity index (χ1n) is 8.05. The highest BCUT2D eigenvalue weighted by molar-refractivity contribution is 5.94. The van der Waals surface area contributed by atoms with E-state index in [1.165, 1.54) is 7.11 Å². The monoisotopic (exact) mass is 317 g/mol. The largest absolute Gasteiger partial charge is 0.468 e. The number of methoxy groups -OCH3 is 1. The summed E-state index contributed by atoms with van der Waals surface area (Å²) >= 11 is 0. The van der Waals surface area contributed by atoms with E-state index in [1.54, 1.807) is 0 Å². The van der Waals surface area contributed by atoms with Crippen molar-refractivity contribution in [1.29, 1.82) is 0 Å². The van der Waals surface area contributed by atoms with Crippen molar-refractivity contribution < 1.29 is 14.3 Å². The zero-order chi connectivity index (χ0) is 16.4.